The molecule has 60 heavy (non-hydrogen) atoms. The SMILES string of the molecule is CC12CCC(C)(O1)c1cc(-c3cccc(N(c4ccc(Br)cc4)c4cccc(N(c5ccc(Br)cc5)c5cccc(-c6ccc7c(c6)C6(C)CCC7(C)O6)c5)c4)c3)ccc12. The second kappa shape index (κ2) is 13.8. The first-order valence-electron chi connectivity index (χ1n) is 21.0. The average molecular weight is 915 g/mol. The number of ether oxygens (including phenoxy) is 2. The van der Waals surface area contributed by atoms with Crippen LogP contribution < -0.4 is 9.80 Å². The molecule has 0 amide bonds. The summed E-state index contributed by atoms with van der Waals surface area (Å²) in [4.78, 5) is 4.72. The molecule has 4 atom stereocenters. The van der Waals surface area contributed by atoms with Gasteiger partial charge in [-0.3, -0.25) is 0 Å². The standard InChI is InChI=1S/C54H46Br2N2O2/c1-51-26-28-53(3,59-51)49-32-37(14-24-47(49)51)35-8-5-10-43(30-35)57(41-20-16-39(55)17-21-41)45-12-7-13-46(34-45)58(42-22-18-40(56)19-23-42)44-11-6-9-36(31-44)38-15-25-48-50(33-38)54(4)29-27-52(48,2)60-54/h5-25,30-34H,26-29H2,1-4H3. The monoisotopic (exact) mass is 912 g/mol. The molecule has 0 radical (unpaired) electrons. The number of fused-ring (bicyclic) bond motifs is 10. The van der Waals surface area contributed by atoms with E-state index >= 15 is 0 Å². The molecule has 4 aliphatic rings. The molecule has 7 aromatic carbocycles. The van der Waals surface area contributed by atoms with Crippen LogP contribution in [0.2, 0.25) is 0 Å². The fraction of sp³-hybridized carbons (Fsp3) is 0.222. The Morgan fingerprint density at radius 2 is 0.683 bits per heavy atom. The fourth-order valence-corrected chi connectivity index (χ4v) is 11.2. The predicted molar refractivity (Wildman–Crippen MR) is 252 cm³/mol. The van der Waals surface area contributed by atoms with E-state index in [-0.39, 0.29) is 22.4 Å². The third kappa shape index (κ3) is 6.13. The summed E-state index contributed by atoms with van der Waals surface area (Å²) in [6.45, 7) is 9.00. The number of hydrogen-bond donors (Lipinski definition) is 0. The number of anilines is 6. The zero-order chi connectivity index (χ0) is 41.0. The van der Waals surface area contributed by atoms with Crippen LogP contribution in [0.15, 0.2) is 167 Å². The Balaban J connectivity index is 1.01. The number of hydrogen-bond acceptors (Lipinski definition) is 4. The maximum atomic E-state index is 6.63. The van der Waals surface area contributed by atoms with Gasteiger partial charge in [0.25, 0.3) is 0 Å². The van der Waals surface area contributed by atoms with Crippen molar-refractivity contribution < 1.29 is 9.47 Å². The molecule has 0 aromatic heterocycles. The van der Waals surface area contributed by atoms with Gasteiger partial charge in [-0.2, -0.15) is 0 Å². The minimum atomic E-state index is -0.228. The van der Waals surface area contributed by atoms with Crippen LogP contribution in [0.4, 0.5) is 34.1 Å². The van der Waals surface area contributed by atoms with Crippen LogP contribution >= 0.6 is 31.9 Å². The van der Waals surface area contributed by atoms with E-state index in [9.17, 15) is 0 Å². The molecule has 0 spiro atoms. The Morgan fingerprint density at radius 1 is 0.350 bits per heavy atom. The summed E-state index contributed by atoms with van der Waals surface area (Å²) < 4.78 is 15.3. The lowest BCUT2D eigenvalue weighted by atomic mass is 9.77. The van der Waals surface area contributed by atoms with Crippen molar-refractivity contribution >= 4 is 66.0 Å². The normalized spacial score (nSPS) is 24.4. The van der Waals surface area contributed by atoms with E-state index in [2.05, 4.69) is 227 Å². The molecule has 0 aliphatic carbocycles. The quantitative estimate of drug-likeness (QED) is 0.152. The summed E-state index contributed by atoms with van der Waals surface area (Å²) in [6, 6.07) is 57.8. The highest BCUT2D eigenvalue weighted by Gasteiger charge is 2.55. The Morgan fingerprint density at radius 3 is 1.08 bits per heavy atom. The Labute approximate surface area is 370 Å². The van der Waals surface area contributed by atoms with Crippen molar-refractivity contribution in [2.45, 2.75) is 75.8 Å². The summed E-state index contributed by atoms with van der Waals surface area (Å²) in [5, 5.41) is 0. The molecule has 6 heteroatoms. The van der Waals surface area contributed by atoms with Crippen molar-refractivity contribution in [3.05, 3.63) is 189 Å². The van der Waals surface area contributed by atoms with Gasteiger partial charge in [0.2, 0.25) is 0 Å². The van der Waals surface area contributed by atoms with Crippen LogP contribution in [-0.2, 0) is 31.9 Å². The summed E-state index contributed by atoms with van der Waals surface area (Å²) in [6.07, 6.45) is 4.25. The molecule has 4 bridgehead atoms. The van der Waals surface area contributed by atoms with Crippen LogP contribution in [0.5, 0.6) is 0 Å². The highest BCUT2D eigenvalue weighted by Crippen LogP contribution is 2.60. The van der Waals surface area contributed by atoms with Gasteiger partial charge in [-0.1, -0.05) is 86.5 Å². The van der Waals surface area contributed by atoms with Gasteiger partial charge in [0.15, 0.2) is 0 Å². The van der Waals surface area contributed by atoms with Gasteiger partial charge < -0.3 is 19.3 Å². The lowest BCUT2D eigenvalue weighted by Gasteiger charge is -2.30. The number of nitrogens with zero attached hydrogens (tertiary/aromatic N) is 2. The minimum absolute atomic E-state index is 0.187. The maximum Gasteiger partial charge on any atom is 0.0920 e. The van der Waals surface area contributed by atoms with E-state index in [1.165, 1.54) is 44.5 Å². The fourth-order valence-electron chi connectivity index (χ4n) is 10.7. The average Bonchev–Trinajstić information content (AvgIpc) is 3.92. The lowest BCUT2D eigenvalue weighted by molar-refractivity contribution is -0.0665. The topological polar surface area (TPSA) is 24.9 Å². The molecule has 0 N–H and O–H groups in total. The van der Waals surface area contributed by atoms with E-state index in [4.69, 9.17) is 9.47 Å². The third-order valence-electron chi connectivity index (χ3n) is 13.8. The molecule has 0 saturated carbocycles. The Bertz CT molecular complexity index is 2650. The Hall–Kier alpha value is -4.98. The van der Waals surface area contributed by atoms with Crippen LogP contribution in [0.3, 0.4) is 0 Å². The summed E-state index contributed by atoms with van der Waals surface area (Å²) in [5.41, 5.74) is 15.7. The molecule has 7 aromatic rings. The highest BCUT2D eigenvalue weighted by molar-refractivity contribution is 9.10. The number of rotatable bonds is 8. The summed E-state index contributed by atoms with van der Waals surface area (Å²) in [5.74, 6) is 0. The van der Waals surface area contributed by atoms with Crippen LogP contribution in [-0.4, -0.2) is 0 Å². The van der Waals surface area contributed by atoms with Gasteiger partial charge in [0.05, 0.1) is 22.4 Å². The van der Waals surface area contributed by atoms with Crippen LogP contribution in [0.1, 0.15) is 75.6 Å². The van der Waals surface area contributed by atoms with Crippen LogP contribution in [0, 0.1) is 0 Å². The molecular formula is C54H46Br2N2O2. The zero-order valence-electron chi connectivity index (χ0n) is 34.3. The summed E-state index contributed by atoms with van der Waals surface area (Å²) in [7, 11) is 0. The van der Waals surface area contributed by atoms with E-state index in [1.54, 1.807) is 0 Å². The predicted octanol–water partition coefficient (Wildman–Crippen LogP) is 16.0. The Kier molecular flexibility index (Phi) is 8.72. The molecule has 4 unspecified atom stereocenters. The largest absolute Gasteiger partial charge is 0.360 e. The van der Waals surface area contributed by atoms with Gasteiger partial charge >= 0.3 is 0 Å². The molecule has 4 aliphatic heterocycles. The molecular weight excluding hydrogens is 868 g/mol. The van der Waals surface area contributed by atoms with Gasteiger partial charge in [0.1, 0.15) is 0 Å². The van der Waals surface area contributed by atoms with Crippen molar-refractivity contribution in [1.82, 2.24) is 0 Å². The maximum absolute atomic E-state index is 6.63. The van der Waals surface area contributed by atoms with Gasteiger partial charge in [-0.05, 0) is 201 Å². The smallest absolute Gasteiger partial charge is 0.0920 e. The van der Waals surface area contributed by atoms with Crippen LogP contribution in [0.25, 0.3) is 22.3 Å². The first-order valence-corrected chi connectivity index (χ1v) is 22.6. The molecule has 298 valence electrons. The molecule has 2 saturated heterocycles. The van der Waals surface area contributed by atoms with E-state index in [0.29, 0.717) is 0 Å². The third-order valence-corrected chi connectivity index (χ3v) is 14.8. The number of halogens is 2. The van der Waals surface area contributed by atoms with Crippen molar-refractivity contribution in [2.24, 2.45) is 0 Å². The molecule has 4 nitrogen and oxygen atoms in total. The van der Waals surface area contributed by atoms with Gasteiger partial charge in [-0.15, -0.1) is 0 Å². The first kappa shape index (κ1) is 38.0. The molecule has 11 rings (SSSR count). The molecule has 4 heterocycles. The van der Waals surface area contributed by atoms with Crippen molar-refractivity contribution in [2.75, 3.05) is 9.80 Å². The zero-order valence-corrected chi connectivity index (χ0v) is 37.5. The van der Waals surface area contributed by atoms with E-state index in [1.807, 2.05) is 0 Å². The second-order valence-corrected chi connectivity index (χ2v) is 19.7. The van der Waals surface area contributed by atoms with E-state index < -0.39 is 0 Å². The van der Waals surface area contributed by atoms with Gasteiger partial charge in [0, 0.05) is 43.1 Å². The highest BCUT2D eigenvalue weighted by atomic mass is 79.9. The van der Waals surface area contributed by atoms with Crippen molar-refractivity contribution in [1.29, 1.82) is 0 Å². The van der Waals surface area contributed by atoms with Gasteiger partial charge in [-0.25, -0.2) is 0 Å². The van der Waals surface area contributed by atoms with Crippen molar-refractivity contribution in [3.8, 4) is 22.3 Å². The second-order valence-electron chi connectivity index (χ2n) is 17.9. The first-order chi connectivity index (χ1) is 28.9. The minimum Gasteiger partial charge on any atom is -0.360 e. The van der Waals surface area contributed by atoms with E-state index in [0.717, 1.165) is 68.8 Å². The summed E-state index contributed by atoms with van der Waals surface area (Å²) >= 11 is 7.38. The lowest BCUT2D eigenvalue weighted by Crippen LogP contribution is -2.17. The van der Waals surface area contributed by atoms with Crippen molar-refractivity contribution in [3.63, 3.8) is 0 Å². The molecule has 2 fully saturated rings. The number of benzene rings is 7.